The molecule has 0 N–H and O–H groups in total. The van der Waals surface area contributed by atoms with Crippen LogP contribution >= 0.6 is 0 Å². The van der Waals surface area contributed by atoms with Gasteiger partial charge in [0.25, 0.3) is 0 Å². The number of hydrogen-bond acceptors (Lipinski definition) is 6. The summed E-state index contributed by atoms with van der Waals surface area (Å²) < 4.78 is 56.2. The number of alkyl halides is 3. The maximum absolute atomic E-state index is 13.6. The molecule has 0 saturated heterocycles. The van der Waals surface area contributed by atoms with E-state index in [2.05, 4.69) is 9.97 Å². The van der Waals surface area contributed by atoms with E-state index in [1.807, 2.05) is 0 Å². The van der Waals surface area contributed by atoms with Crippen LogP contribution in [-0.2, 0) is 27.1 Å². The number of carbonyl (C=O) groups excluding carboxylic acids is 1. The summed E-state index contributed by atoms with van der Waals surface area (Å²) in [4.78, 5) is 20.0. The Morgan fingerprint density at radius 2 is 1.81 bits per heavy atom. The number of esters is 1. The Bertz CT molecular complexity index is 1090. The van der Waals surface area contributed by atoms with Crippen molar-refractivity contribution in [2.45, 2.75) is 25.6 Å². The molecule has 164 valence electrons. The Balaban J connectivity index is 1.98. The van der Waals surface area contributed by atoms with Gasteiger partial charge in [0, 0.05) is 7.11 Å². The van der Waals surface area contributed by atoms with Gasteiger partial charge in [-0.2, -0.15) is 13.2 Å². The molecule has 0 radical (unpaired) electrons. The SMILES string of the molecule is COCC(C(=O)OC)c1ccccc1COc1nc2ccc(C)cc2nc1C(F)(F)F. The summed E-state index contributed by atoms with van der Waals surface area (Å²) >= 11 is 0. The average molecular weight is 434 g/mol. The minimum Gasteiger partial charge on any atom is -0.471 e. The quantitative estimate of drug-likeness (QED) is 0.512. The van der Waals surface area contributed by atoms with Crippen LogP contribution in [-0.4, -0.2) is 36.8 Å². The molecule has 3 aromatic rings. The van der Waals surface area contributed by atoms with Crippen molar-refractivity contribution in [1.82, 2.24) is 9.97 Å². The highest BCUT2D eigenvalue weighted by atomic mass is 19.4. The fraction of sp³-hybridized carbons (Fsp3) is 0.318. The number of fused-ring (bicyclic) bond motifs is 1. The van der Waals surface area contributed by atoms with E-state index in [-0.39, 0.29) is 24.2 Å². The number of aromatic nitrogens is 2. The molecule has 0 saturated carbocycles. The third-order valence-electron chi connectivity index (χ3n) is 4.67. The minimum absolute atomic E-state index is 0.0482. The van der Waals surface area contributed by atoms with Crippen molar-refractivity contribution < 1.29 is 32.2 Å². The summed E-state index contributed by atoms with van der Waals surface area (Å²) in [5.74, 6) is -1.89. The number of benzene rings is 2. The van der Waals surface area contributed by atoms with Crippen LogP contribution in [0.15, 0.2) is 42.5 Å². The molecular formula is C22H21F3N2O4. The van der Waals surface area contributed by atoms with Crippen LogP contribution in [0.4, 0.5) is 13.2 Å². The van der Waals surface area contributed by atoms with Crippen molar-refractivity contribution in [3.63, 3.8) is 0 Å². The molecule has 1 unspecified atom stereocenters. The number of methoxy groups -OCH3 is 2. The van der Waals surface area contributed by atoms with Gasteiger partial charge in [-0.15, -0.1) is 0 Å². The second-order valence-corrected chi connectivity index (χ2v) is 6.89. The van der Waals surface area contributed by atoms with Gasteiger partial charge in [0.1, 0.15) is 12.5 Å². The molecule has 1 atom stereocenters. The monoisotopic (exact) mass is 434 g/mol. The first kappa shape index (κ1) is 22.5. The van der Waals surface area contributed by atoms with Crippen LogP contribution in [0.3, 0.4) is 0 Å². The lowest BCUT2D eigenvalue weighted by molar-refractivity contribution is -0.144. The van der Waals surface area contributed by atoms with E-state index in [1.165, 1.54) is 20.3 Å². The molecule has 1 heterocycles. The van der Waals surface area contributed by atoms with Gasteiger partial charge >= 0.3 is 12.1 Å². The lowest BCUT2D eigenvalue weighted by Gasteiger charge is -2.19. The summed E-state index contributed by atoms with van der Waals surface area (Å²) in [5.41, 5.74) is 1.02. The highest BCUT2D eigenvalue weighted by Crippen LogP contribution is 2.35. The van der Waals surface area contributed by atoms with E-state index in [0.29, 0.717) is 11.1 Å². The van der Waals surface area contributed by atoms with E-state index in [9.17, 15) is 18.0 Å². The Morgan fingerprint density at radius 1 is 1.06 bits per heavy atom. The van der Waals surface area contributed by atoms with Crippen molar-refractivity contribution in [1.29, 1.82) is 0 Å². The maximum atomic E-state index is 13.6. The molecule has 0 fully saturated rings. The number of rotatable bonds is 7. The fourth-order valence-corrected chi connectivity index (χ4v) is 3.18. The Hall–Kier alpha value is -3.20. The molecule has 0 aliphatic heterocycles. The standard InChI is InChI=1S/C22H21F3N2O4/c1-13-8-9-17-18(10-13)26-19(22(23,24)25)20(27-17)31-11-14-6-4-5-7-15(14)16(12-29-2)21(28)30-3/h4-10,16H,11-12H2,1-3H3. The number of hydrogen-bond donors (Lipinski definition) is 0. The third kappa shape index (κ3) is 5.11. The van der Waals surface area contributed by atoms with E-state index < -0.39 is 29.6 Å². The summed E-state index contributed by atoms with van der Waals surface area (Å²) in [7, 11) is 2.70. The van der Waals surface area contributed by atoms with Crippen molar-refractivity contribution in [3.05, 3.63) is 64.8 Å². The Labute approximate surface area is 177 Å². The van der Waals surface area contributed by atoms with Gasteiger partial charge in [-0.25, -0.2) is 9.97 Å². The van der Waals surface area contributed by atoms with Gasteiger partial charge in [-0.3, -0.25) is 4.79 Å². The van der Waals surface area contributed by atoms with E-state index >= 15 is 0 Å². The number of nitrogens with zero attached hydrogens (tertiary/aromatic N) is 2. The topological polar surface area (TPSA) is 70.5 Å². The number of halogens is 3. The van der Waals surface area contributed by atoms with Gasteiger partial charge in [-0.05, 0) is 35.7 Å². The Morgan fingerprint density at radius 3 is 2.48 bits per heavy atom. The summed E-state index contributed by atoms with van der Waals surface area (Å²) in [6.07, 6.45) is -4.75. The molecular weight excluding hydrogens is 413 g/mol. The molecule has 0 aliphatic rings. The van der Waals surface area contributed by atoms with Crippen LogP contribution in [0, 0.1) is 6.92 Å². The number of carbonyl (C=O) groups is 1. The van der Waals surface area contributed by atoms with E-state index in [0.717, 1.165) is 5.56 Å². The molecule has 2 aromatic carbocycles. The predicted molar refractivity (Wildman–Crippen MR) is 107 cm³/mol. The molecule has 6 nitrogen and oxygen atoms in total. The van der Waals surface area contributed by atoms with Crippen LogP contribution in [0.5, 0.6) is 5.88 Å². The number of aryl methyl sites for hydroxylation is 1. The fourth-order valence-electron chi connectivity index (χ4n) is 3.18. The summed E-state index contributed by atoms with van der Waals surface area (Å²) in [6.45, 7) is 1.56. The average Bonchev–Trinajstić information content (AvgIpc) is 2.74. The van der Waals surface area contributed by atoms with Crippen LogP contribution in [0.1, 0.15) is 28.3 Å². The molecule has 0 spiro atoms. The van der Waals surface area contributed by atoms with Crippen molar-refractivity contribution in [3.8, 4) is 5.88 Å². The first-order chi connectivity index (χ1) is 14.7. The zero-order chi connectivity index (χ0) is 22.6. The van der Waals surface area contributed by atoms with Crippen LogP contribution in [0.25, 0.3) is 11.0 Å². The van der Waals surface area contributed by atoms with Gasteiger partial charge < -0.3 is 14.2 Å². The van der Waals surface area contributed by atoms with Crippen molar-refractivity contribution in [2.75, 3.05) is 20.8 Å². The second-order valence-electron chi connectivity index (χ2n) is 6.89. The van der Waals surface area contributed by atoms with Crippen LogP contribution in [0.2, 0.25) is 0 Å². The number of ether oxygens (including phenoxy) is 3. The molecule has 0 aliphatic carbocycles. The van der Waals surface area contributed by atoms with Crippen LogP contribution < -0.4 is 4.74 Å². The molecule has 3 rings (SSSR count). The van der Waals surface area contributed by atoms with E-state index in [4.69, 9.17) is 14.2 Å². The van der Waals surface area contributed by atoms with Crippen molar-refractivity contribution in [2.24, 2.45) is 0 Å². The summed E-state index contributed by atoms with van der Waals surface area (Å²) in [5, 5.41) is 0. The molecule has 1 aromatic heterocycles. The normalized spacial score (nSPS) is 12.6. The smallest absolute Gasteiger partial charge is 0.438 e. The van der Waals surface area contributed by atoms with Gasteiger partial charge in [-0.1, -0.05) is 30.3 Å². The largest absolute Gasteiger partial charge is 0.471 e. The molecule has 31 heavy (non-hydrogen) atoms. The highest BCUT2D eigenvalue weighted by molar-refractivity contribution is 5.79. The molecule has 0 amide bonds. The summed E-state index contributed by atoms with van der Waals surface area (Å²) in [6, 6.07) is 11.6. The third-order valence-corrected chi connectivity index (χ3v) is 4.67. The first-order valence-corrected chi connectivity index (χ1v) is 9.37. The van der Waals surface area contributed by atoms with Gasteiger partial charge in [0.2, 0.25) is 11.6 Å². The minimum atomic E-state index is -4.75. The zero-order valence-corrected chi connectivity index (χ0v) is 17.2. The lowest BCUT2D eigenvalue weighted by atomic mass is 9.95. The van der Waals surface area contributed by atoms with E-state index in [1.54, 1.807) is 43.3 Å². The first-order valence-electron chi connectivity index (χ1n) is 9.37. The molecule has 9 heteroatoms. The Kier molecular flexibility index (Phi) is 6.74. The zero-order valence-electron chi connectivity index (χ0n) is 17.2. The van der Waals surface area contributed by atoms with Gasteiger partial charge in [0.05, 0.1) is 24.8 Å². The van der Waals surface area contributed by atoms with Crippen molar-refractivity contribution >= 4 is 17.0 Å². The van der Waals surface area contributed by atoms with Gasteiger partial charge in [0.15, 0.2) is 0 Å². The second kappa shape index (κ2) is 9.30. The maximum Gasteiger partial charge on any atom is 0.438 e. The predicted octanol–water partition coefficient (Wildman–Crippen LogP) is 4.44. The highest BCUT2D eigenvalue weighted by Gasteiger charge is 2.38. The molecule has 0 bridgehead atoms. The lowest BCUT2D eigenvalue weighted by Crippen LogP contribution is -2.21.